The number of carbonyl (C=O) groups excluding carboxylic acids is 1. The van der Waals surface area contributed by atoms with Crippen molar-refractivity contribution in [2.75, 3.05) is 31.1 Å². The molecule has 1 aliphatic heterocycles. The summed E-state index contributed by atoms with van der Waals surface area (Å²) in [5.74, 6) is 0.0792. The van der Waals surface area contributed by atoms with Crippen LogP contribution in [0.15, 0.2) is 0 Å². The molecule has 1 fully saturated rings. The Hall–Kier alpha value is -1.14. The van der Waals surface area contributed by atoms with Crippen molar-refractivity contribution in [3.8, 4) is 0 Å². The van der Waals surface area contributed by atoms with Crippen molar-refractivity contribution in [3.05, 3.63) is 10.6 Å². The highest BCUT2D eigenvalue weighted by Gasteiger charge is 2.33. The lowest BCUT2D eigenvalue weighted by molar-refractivity contribution is -0.137. The van der Waals surface area contributed by atoms with E-state index in [0.29, 0.717) is 0 Å². The third kappa shape index (κ3) is 3.55. The molecule has 5 nitrogen and oxygen atoms in total. The minimum atomic E-state index is -0.731. The Kier molecular flexibility index (Phi) is 4.88. The van der Waals surface area contributed by atoms with Gasteiger partial charge >= 0.3 is 0 Å². The number of piperazine rings is 1. The molecule has 0 aromatic carbocycles. The number of hydrogen-bond donors (Lipinski definition) is 1. The third-order valence-electron chi connectivity index (χ3n) is 4.11. The molecule has 6 heteroatoms. The minimum absolute atomic E-state index is 0.0792. The summed E-state index contributed by atoms with van der Waals surface area (Å²) in [5.41, 5.74) is 6.53. The Bertz CT molecular complexity index is 484. The third-order valence-corrected chi connectivity index (χ3v) is 5.25. The Morgan fingerprint density at radius 3 is 2.43 bits per heavy atom. The summed E-state index contributed by atoms with van der Waals surface area (Å²) in [6, 6.07) is 0. The number of aryl methyl sites for hydroxylation is 2. The van der Waals surface area contributed by atoms with Gasteiger partial charge in [0.25, 0.3) is 0 Å². The van der Waals surface area contributed by atoms with Crippen LogP contribution >= 0.6 is 11.3 Å². The molecule has 21 heavy (non-hydrogen) atoms. The topological polar surface area (TPSA) is 62.5 Å². The van der Waals surface area contributed by atoms with Crippen LogP contribution < -0.4 is 10.6 Å². The van der Waals surface area contributed by atoms with Crippen LogP contribution in [-0.4, -0.2) is 47.5 Å². The Morgan fingerprint density at radius 2 is 1.95 bits per heavy atom. The molecule has 0 saturated carbocycles. The maximum absolute atomic E-state index is 12.5. The fourth-order valence-corrected chi connectivity index (χ4v) is 3.64. The molecule has 2 rings (SSSR count). The molecule has 1 aromatic rings. The van der Waals surface area contributed by atoms with Gasteiger partial charge in [0.1, 0.15) is 0 Å². The van der Waals surface area contributed by atoms with Crippen molar-refractivity contribution in [2.45, 2.75) is 46.1 Å². The first-order chi connectivity index (χ1) is 9.85. The summed E-state index contributed by atoms with van der Waals surface area (Å²) in [4.78, 5) is 22.5. The molecule has 1 unspecified atom stereocenters. The normalized spacial score (nSPS) is 18.7. The van der Waals surface area contributed by atoms with Gasteiger partial charge in [-0.2, -0.15) is 0 Å². The van der Waals surface area contributed by atoms with Crippen LogP contribution in [0, 0.1) is 13.8 Å². The van der Waals surface area contributed by atoms with Crippen LogP contribution in [-0.2, 0) is 4.79 Å². The van der Waals surface area contributed by atoms with Crippen molar-refractivity contribution in [2.24, 2.45) is 5.73 Å². The molecule has 1 aromatic heterocycles. The maximum Gasteiger partial charge on any atom is 0.242 e. The monoisotopic (exact) mass is 310 g/mol. The maximum atomic E-state index is 12.5. The average Bonchev–Trinajstić information content (AvgIpc) is 2.78. The molecule has 1 atom stereocenters. The summed E-state index contributed by atoms with van der Waals surface area (Å²) in [6.07, 6.45) is 1.66. The summed E-state index contributed by atoms with van der Waals surface area (Å²) in [6.45, 7) is 11.2. The number of thiazole rings is 1. The minimum Gasteiger partial charge on any atom is -0.345 e. The molecule has 2 heterocycles. The SMILES string of the molecule is CCCC(C)(N)C(=O)N1CCN(c2nc(C)c(C)s2)CC1. The number of carbonyl (C=O) groups is 1. The van der Waals surface area contributed by atoms with Gasteiger partial charge in [-0.25, -0.2) is 4.98 Å². The van der Waals surface area contributed by atoms with E-state index < -0.39 is 5.54 Å². The highest BCUT2D eigenvalue weighted by atomic mass is 32.1. The van der Waals surface area contributed by atoms with Gasteiger partial charge in [-0.3, -0.25) is 4.79 Å². The highest BCUT2D eigenvalue weighted by Crippen LogP contribution is 2.26. The van der Waals surface area contributed by atoms with Crippen LogP contribution in [0.5, 0.6) is 0 Å². The first kappa shape index (κ1) is 16.2. The number of anilines is 1. The van der Waals surface area contributed by atoms with Gasteiger partial charge in [0.2, 0.25) is 5.91 Å². The number of nitrogens with two attached hydrogens (primary N) is 1. The van der Waals surface area contributed by atoms with E-state index >= 15 is 0 Å². The van der Waals surface area contributed by atoms with Gasteiger partial charge in [-0.15, -0.1) is 11.3 Å². The zero-order valence-corrected chi connectivity index (χ0v) is 14.3. The molecule has 0 bridgehead atoms. The molecule has 0 aliphatic carbocycles. The molecule has 0 radical (unpaired) electrons. The van der Waals surface area contributed by atoms with E-state index in [9.17, 15) is 4.79 Å². The van der Waals surface area contributed by atoms with E-state index in [-0.39, 0.29) is 5.91 Å². The number of nitrogens with zero attached hydrogens (tertiary/aromatic N) is 3. The van der Waals surface area contributed by atoms with E-state index in [1.165, 1.54) is 4.88 Å². The van der Waals surface area contributed by atoms with Gasteiger partial charge in [0.05, 0.1) is 11.2 Å². The Labute approximate surface area is 131 Å². The number of hydrogen-bond acceptors (Lipinski definition) is 5. The largest absolute Gasteiger partial charge is 0.345 e. The molecule has 1 saturated heterocycles. The van der Waals surface area contributed by atoms with E-state index in [4.69, 9.17) is 5.73 Å². The van der Waals surface area contributed by atoms with Crippen LogP contribution in [0.4, 0.5) is 5.13 Å². The second kappa shape index (κ2) is 6.32. The fraction of sp³-hybridized carbons (Fsp3) is 0.733. The molecule has 0 spiro atoms. The molecular weight excluding hydrogens is 284 g/mol. The summed E-state index contributed by atoms with van der Waals surface area (Å²) < 4.78 is 0. The zero-order valence-electron chi connectivity index (χ0n) is 13.5. The van der Waals surface area contributed by atoms with Crippen molar-refractivity contribution >= 4 is 22.4 Å². The van der Waals surface area contributed by atoms with Gasteiger partial charge < -0.3 is 15.5 Å². The Balaban J connectivity index is 1.95. The Morgan fingerprint density at radius 1 is 1.33 bits per heavy atom. The van der Waals surface area contributed by atoms with Gasteiger partial charge in [-0.1, -0.05) is 13.3 Å². The van der Waals surface area contributed by atoms with Crippen molar-refractivity contribution in [1.82, 2.24) is 9.88 Å². The zero-order chi connectivity index (χ0) is 15.6. The van der Waals surface area contributed by atoms with E-state index in [1.54, 1.807) is 11.3 Å². The van der Waals surface area contributed by atoms with Gasteiger partial charge in [0, 0.05) is 31.1 Å². The molecular formula is C15H26N4OS. The van der Waals surface area contributed by atoms with E-state index in [0.717, 1.165) is 49.8 Å². The van der Waals surface area contributed by atoms with Crippen LogP contribution in [0.3, 0.4) is 0 Å². The van der Waals surface area contributed by atoms with Gasteiger partial charge in [0.15, 0.2) is 5.13 Å². The quantitative estimate of drug-likeness (QED) is 0.923. The lowest BCUT2D eigenvalue weighted by atomic mass is 9.95. The number of aromatic nitrogens is 1. The first-order valence-electron chi connectivity index (χ1n) is 7.62. The fourth-order valence-electron chi connectivity index (χ4n) is 2.68. The lowest BCUT2D eigenvalue weighted by Crippen LogP contribution is -2.58. The smallest absolute Gasteiger partial charge is 0.242 e. The van der Waals surface area contributed by atoms with Crippen molar-refractivity contribution < 1.29 is 4.79 Å². The van der Waals surface area contributed by atoms with E-state index in [1.807, 2.05) is 18.7 Å². The predicted octanol–water partition coefficient (Wildman–Crippen LogP) is 1.93. The summed E-state index contributed by atoms with van der Waals surface area (Å²) >= 11 is 1.73. The van der Waals surface area contributed by atoms with Crippen LogP contribution in [0.25, 0.3) is 0 Å². The molecule has 1 amide bonds. The average molecular weight is 310 g/mol. The summed E-state index contributed by atoms with van der Waals surface area (Å²) in [5, 5.41) is 1.07. The van der Waals surface area contributed by atoms with Crippen LogP contribution in [0.1, 0.15) is 37.3 Å². The highest BCUT2D eigenvalue weighted by molar-refractivity contribution is 7.15. The molecule has 1 aliphatic rings. The van der Waals surface area contributed by atoms with Crippen LogP contribution in [0.2, 0.25) is 0 Å². The molecule has 2 N–H and O–H groups in total. The number of amides is 1. The number of rotatable bonds is 4. The lowest BCUT2D eigenvalue weighted by Gasteiger charge is -2.38. The first-order valence-corrected chi connectivity index (χ1v) is 8.44. The van der Waals surface area contributed by atoms with Crippen molar-refractivity contribution in [1.29, 1.82) is 0 Å². The van der Waals surface area contributed by atoms with Gasteiger partial charge in [-0.05, 0) is 27.2 Å². The van der Waals surface area contributed by atoms with Crippen molar-refractivity contribution in [3.63, 3.8) is 0 Å². The summed E-state index contributed by atoms with van der Waals surface area (Å²) in [7, 11) is 0. The molecule has 118 valence electrons. The predicted molar refractivity (Wildman–Crippen MR) is 87.9 cm³/mol. The second-order valence-corrected chi connectivity index (χ2v) is 7.27. The van der Waals surface area contributed by atoms with E-state index in [2.05, 4.69) is 23.7 Å². The second-order valence-electron chi connectivity index (χ2n) is 6.08. The standard InChI is InChI=1S/C15H26N4OS/c1-5-6-15(4,16)13(20)18-7-9-19(10-8-18)14-17-11(2)12(3)21-14/h5-10,16H2,1-4H3.